The summed E-state index contributed by atoms with van der Waals surface area (Å²) in [7, 11) is 0. The smallest absolute Gasteiger partial charge is 0.291 e. The fraction of sp³-hybridized carbons (Fsp3) is 0.594. The van der Waals surface area contributed by atoms with Crippen molar-refractivity contribution in [3.63, 3.8) is 0 Å². The number of nitriles is 1. The lowest BCUT2D eigenvalue weighted by molar-refractivity contribution is 0.0321. The summed E-state index contributed by atoms with van der Waals surface area (Å²) >= 11 is 1.70. The van der Waals surface area contributed by atoms with Gasteiger partial charge in [0.2, 0.25) is 5.82 Å². The van der Waals surface area contributed by atoms with Crippen LogP contribution in [0, 0.1) is 11.3 Å². The van der Waals surface area contributed by atoms with Crippen molar-refractivity contribution in [2.75, 3.05) is 76.4 Å². The first-order valence-corrected chi connectivity index (χ1v) is 16.7. The lowest BCUT2D eigenvalue weighted by atomic mass is 9.85. The van der Waals surface area contributed by atoms with Crippen LogP contribution >= 0.6 is 11.8 Å². The number of aromatic nitrogens is 2. The molecular formula is C32H44N6O3S. The van der Waals surface area contributed by atoms with Crippen LogP contribution in [0.2, 0.25) is 0 Å². The molecule has 2 saturated heterocycles. The number of anilines is 1. The van der Waals surface area contributed by atoms with E-state index in [2.05, 4.69) is 50.4 Å². The van der Waals surface area contributed by atoms with E-state index < -0.39 is 0 Å². The number of rotatable bonds is 12. The molecule has 226 valence electrons. The van der Waals surface area contributed by atoms with E-state index >= 15 is 0 Å². The molecule has 0 unspecified atom stereocenters. The first kappa shape index (κ1) is 30.8. The predicted octanol–water partition coefficient (Wildman–Crippen LogP) is 4.81. The van der Waals surface area contributed by atoms with Gasteiger partial charge in [0.1, 0.15) is 12.8 Å². The normalized spacial score (nSPS) is 18.9. The zero-order valence-corrected chi connectivity index (χ0v) is 25.7. The second-order valence-corrected chi connectivity index (χ2v) is 12.4. The van der Waals surface area contributed by atoms with Gasteiger partial charge in [0.25, 0.3) is 5.91 Å². The van der Waals surface area contributed by atoms with Crippen LogP contribution in [-0.2, 0) is 16.2 Å². The quantitative estimate of drug-likeness (QED) is 0.351. The largest absolute Gasteiger partial charge is 0.379 e. The highest BCUT2D eigenvalue weighted by atomic mass is 32.2. The molecule has 1 aromatic carbocycles. The monoisotopic (exact) mass is 592 g/mol. The molecule has 2 aromatic rings. The first-order valence-electron chi connectivity index (χ1n) is 15.4. The number of imidazole rings is 1. The summed E-state index contributed by atoms with van der Waals surface area (Å²) in [5, 5.41) is 12.5. The Hall–Kier alpha value is -2.68. The molecule has 1 amide bonds. The Kier molecular flexibility index (Phi) is 11.5. The fourth-order valence-electron chi connectivity index (χ4n) is 6.10. The Bertz CT molecular complexity index is 1260. The Labute approximate surface area is 254 Å². The Morgan fingerprint density at radius 3 is 2.67 bits per heavy atom. The van der Waals surface area contributed by atoms with Gasteiger partial charge in [-0.3, -0.25) is 9.69 Å². The van der Waals surface area contributed by atoms with Crippen LogP contribution < -0.4 is 5.32 Å². The number of ether oxygens (including phenoxy) is 2. The SMILES string of the molecule is CSCCOCn1cc(C#N)nc1C(=O)Nc1ccc(C2CCN(CCN3CCOCC3)CC2)cc1C1=CCCCC1. The Morgan fingerprint density at radius 1 is 1.17 bits per heavy atom. The molecule has 0 bridgehead atoms. The second-order valence-electron chi connectivity index (χ2n) is 11.4. The van der Waals surface area contributed by atoms with E-state index in [4.69, 9.17) is 9.47 Å². The summed E-state index contributed by atoms with van der Waals surface area (Å²) in [6.07, 6.45) is 12.7. The van der Waals surface area contributed by atoms with Crippen molar-refractivity contribution in [1.82, 2.24) is 19.4 Å². The van der Waals surface area contributed by atoms with Crippen molar-refractivity contribution in [2.24, 2.45) is 0 Å². The van der Waals surface area contributed by atoms with E-state index in [-0.39, 0.29) is 24.2 Å². The average molecular weight is 593 g/mol. The van der Waals surface area contributed by atoms with Gasteiger partial charge in [0, 0.05) is 49.4 Å². The van der Waals surface area contributed by atoms with Gasteiger partial charge in [-0.25, -0.2) is 4.98 Å². The van der Waals surface area contributed by atoms with Crippen LogP contribution in [0.4, 0.5) is 5.69 Å². The minimum absolute atomic E-state index is 0.181. The topological polar surface area (TPSA) is 95.6 Å². The van der Waals surface area contributed by atoms with Gasteiger partial charge in [-0.2, -0.15) is 17.0 Å². The van der Waals surface area contributed by atoms with Crippen molar-refractivity contribution in [3.8, 4) is 6.07 Å². The van der Waals surface area contributed by atoms with Crippen LogP contribution in [0.1, 0.15) is 71.9 Å². The maximum atomic E-state index is 13.5. The molecule has 1 N–H and O–H groups in total. The molecule has 1 aromatic heterocycles. The molecule has 2 fully saturated rings. The predicted molar refractivity (Wildman–Crippen MR) is 168 cm³/mol. The highest BCUT2D eigenvalue weighted by Gasteiger charge is 2.24. The summed E-state index contributed by atoms with van der Waals surface area (Å²) in [4.78, 5) is 22.9. The number of hydrogen-bond donors (Lipinski definition) is 1. The third-order valence-electron chi connectivity index (χ3n) is 8.58. The molecule has 0 saturated carbocycles. The highest BCUT2D eigenvalue weighted by molar-refractivity contribution is 7.98. The maximum Gasteiger partial charge on any atom is 0.291 e. The van der Waals surface area contributed by atoms with E-state index in [9.17, 15) is 10.1 Å². The molecule has 10 heteroatoms. The van der Waals surface area contributed by atoms with Crippen LogP contribution in [-0.4, -0.2) is 96.4 Å². The Balaban J connectivity index is 1.27. The van der Waals surface area contributed by atoms with Crippen molar-refractivity contribution in [3.05, 3.63) is 53.1 Å². The van der Waals surface area contributed by atoms with Crippen molar-refractivity contribution in [2.45, 2.75) is 51.2 Å². The summed E-state index contributed by atoms with van der Waals surface area (Å²) in [6, 6.07) is 8.63. The summed E-state index contributed by atoms with van der Waals surface area (Å²) in [6.45, 7) is 9.04. The number of morpholine rings is 1. The van der Waals surface area contributed by atoms with Gasteiger partial charge in [0.05, 0.1) is 19.8 Å². The Morgan fingerprint density at radius 2 is 1.95 bits per heavy atom. The third-order valence-corrected chi connectivity index (χ3v) is 9.16. The molecule has 0 atom stereocenters. The number of carbonyl (C=O) groups is 1. The molecular weight excluding hydrogens is 548 g/mol. The molecule has 3 heterocycles. The number of nitrogens with zero attached hydrogens (tertiary/aromatic N) is 5. The lowest BCUT2D eigenvalue weighted by Gasteiger charge is -2.35. The molecule has 0 spiro atoms. The fourth-order valence-corrected chi connectivity index (χ4v) is 6.39. The minimum atomic E-state index is -0.330. The number of thioether (sulfide) groups is 1. The van der Waals surface area contributed by atoms with E-state index in [1.807, 2.05) is 6.26 Å². The van der Waals surface area contributed by atoms with Gasteiger partial charge in [-0.15, -0.1) is 0 Å². The van der Waals surface area contributed by atoms with Crippen LogP contribution in [0.3, 0.4) is 0 Å². The molecule has 2 aliphatic heterocycles. The lowest BCUT2D eigenvalue weighted by Crippen LogP contribution is -2.43. The van der Waals surface area contributed by atoms with Crippen molar-refractivity contribution < 1.29 is 14.3 Å². The zero-order valence-electron chi connectivity index (χ0n) is 24.9. The number of hydrogen-bond acceptors (Lipinski definition) is 8. The number of likely N-dealkylation sites (tertiary alicyclic amines) is 1. The number of benzene rings is 1. The van der Waals surface area contributed by atoms with Gasteiger partial charge < -0.3 is 24.3 Å². The van der Waals surface area contributed by atoms with Gasteiger partial charge in [-0.05, 0) is 87.1 Å². The third kappa shape index (κ3) is 8.23. The number of amides is 1. The summed E-state index contributed by atoms with van der Waals surface area (Å²) in [5.74, 6) is 1.24. The van der Waals surface area contributed by atoms with Gasteiger partial charge in [0.15, 0.2) is 5.69 Å². The molecule has 3 aliphatic rings. The zero-order chi connectivity index (χ0) is 29.1. The molecule has 5 rings (SSSR count). The van der Waals surface area contributed by atoms with Crippen LogP contribution in [0.15, 0.2) is 30.5 Å². The molecule has 9 nitrogen and oxygen atoms in total. The van der Waals surface area contributed by atoms with Gasteiger partial charge >= 0.3 is 0 Å². The van der Waals surface area contributed by atoms with E-state index in [0.717, 1.165) is 102 Å². The molecule has 0 radical (unpaired) electrons. The van der Waals surface area contributed by atoms with Crippen LogP contribution in [0.25, 0.3) is 5.57 Å². The first-order chi connectivity index (χ1) is 20.6. The van der Waals surface area contributed by atoms with E-state index in [1.54, 1.807) is 22.5 Å². The number of piperidine rings is 1. The number of nitrogens with one attached hydrogen (secondary N) is 1. The molecule has 1 aliphatic carbocycles. The highest BCUT2D eigenvalue weighted by Crippen LogP contribution is 2.36. The number of carbonyl (C=O) groups excluding carboxylic acids is 1. The van der Waals surface area contributed by atoms with Crippen molar-refractivity contribution in [1.29, 1.82) is 5.26 Å². The average Bonchev–Trinajstić information content (AvgIpc) is 3.47. The van der Waals surface area contributed by atoms with Crippen molar-refractivity contribution >= 4 is 28.9 Å². The van der Waals surface area contributed by atoms with Gasteiger partial charge in [-0.1, -0.05) is 12.1 Å². The van der Waals surface area contributed by atoms with Crippen LogP contribution in [0.5, 0.6) is 0 Å². The van der Waals surface area contributed by atoms with E-state index in [1.165, 1.54) is 17.6 Å². The maximum absolute atomic E-state index is 13.5. The minimum Gasteiger partial charge on any atom is -0.379 e. The summed E-state index contributed by atoms with van der Waals surface area (Å²) < 4.78 is 12.8. The molecule has 42 heavy (non-hydrogen) atoms. The second kappa shape index (κ2) is 15.7. The van der Waals surface area contributed by atoms with E-state index in [0.29, 0.717) is 12.5 Å². The summed E-state index contributed by atoms with van der Waals surface area (Å²) in [5.41, 5.74) is 4.79. The standard InChI is InChI=1S/C32H44N6O3S/c1-42-20-19-41-24-38-23-28(22-33)34-31(38)32(39)35-30-8-7-27(21-29(30)26-5-3-2-4-6-26)25-9-11-36(12-10-25)13-14-37-15-17-40-18-16-37/h5,7-8,21,23,25H,2-4,6,9-20,24H2,1H3,(H,35,39). The number of allylic oxidation sites excluding steroid dienone is 2.